The maximum Gasteiger partial charge on any atom is 0.251 e. The highest BCUT2D eigenvalue weighted by molar-refractivity contribution is 5.88. The lowest BCUT2D eigenvalue weighted by molar-refractivity contribution is -0.425. The van der Waals surface area contributed by atoms with Gasteiger partial charge in [0.2, 0.25) is 0 Å². The van der Waals surface area contributed by atoms with Crippen molar-refractivity contribution in [1.82, 2.24) is 4.98 Å². The van der Waals surface area contributed by atoms with Crippen molar-refractivity contribution in [2.24, 2.45) is 0 Å². The number of aromatic amines is 1. The minimum Gasteiger partial charge on any atom is -0.361 e. The van der Waals surface area contributed by atoms with Crippen molar-refractivity contribution in [1.29, 1.82) is 0 Å². The van der Waals surface area contributed by atoms with Crippen LogP contribution in [0.3, 0.4) is 0 Å². The van der Waals surface area contributed by atoms with E-state index >= 15 is 0 Å². The van der Waals surface area contributed by atoms with Gasteiger partial charge in [-0.1, -0.05) is 48.5 Å². The van der Waals surface area contributed by atoms with Gasteiger partial charge in [0.15, 0.2) is 0 Å². The fourth-order valence-corrected chi connectivity index (χ4v) is 2.37. The van der Waals surface area contributed by atoms with Crippen LogP contribution in [0, 0.1) is 10.1 Å². The van der Waals surface area contributed by atoms with Crippen molar-refractivity contribution < 1.29 is 4.92 Å². The molecule has 1 N–H and O–H groups in total. The van der Waals surface area contributed by atoms with Gasteiger partial charge in [-0.25, -0.2) is 0 Å². The van der Waals surface area contributed by atoms with Gasteiger partial charge in [0, 0.05) is 28.7 Å². The number of aromatic nitrogens is 1. The average molecular weight is 278 g/mol. The summed E-state index contributed by atoms with van der Waals surface area (Å²) in [4.78, 5) is 14.1. The molecule has 0 radical (unpaired) electrons. The highest BCUT2D eigenvalue weighted by atomic mass is 16.6. The number of hydrogen-bond acceptors (Lipinski definition) is 2. The summed E-state index contributed by atoms with van der Waals surface area (Å²) in [5, 5.41) is 12.3. The van der Waals surface area contributed by atoms with Gasteiger partial charge in [-0.2, -0.15) is 0 Å². The Hall–Kier alpha value is -2.88. The van der Waals surface area contributed by atoms with E-state index in [-0.39, 0.29) is 10.6 Å². The number of para-hydroxylation sites is 1. The second-order valence-corrected chi connectivity index (χ2v) is 4.84. The van der Waals surface area contributed by atoms with Crippen molar-refractivity contribution in [3.8, 4) is 0 Å². The summed E-state index contributed by atoms with van der Waals surface area (Å²) in [6.07, 6.45) is 3.76. The lowest BCUT2D eigenvalue weighted by Crippen LogP contribution is -2.02. The van der Waals surface area contributed by atoms with Crippen molar-refractivity contribution >= 4 is 17.0 Å². The molecule has 0 fully saturated rings. The molecule has 0 aliphatic heterocycles. The zero-order chi connectivity index (χ0) is 14.7. The molecule has 1 aromatic heterocycles. The topological polar surface area (TPSA) is 58.9 Å². The van der Waals surface area contributed by atoms with Crippen LogP contribution in [0.25, 0.3) is 17.0 Å². The Morgan fingerprint density at radius 3 is 2.57 bits per heavy atom. The highest BCUT2D eigenvalue weighted by Gasteiger charge is 2.13. The molecule has 4 nitrogen and oxygen atoms in total. The van der Waals surface area contributed by atoms with Gasteiger partial charge in [0.1, 0.15) is 0 Å². The van der Waals surface area contributed by atoms with Gasteiger partial charge in [0.05, 0.1) is 11.3 Å². The van der Waals surface area contributed by atoms with Crippen LogP contribution in [0.5, 0.6) is 0 Å². The molecule has 3 aromatic rings. The summed E-state index contributed by atoms with van der Waals surface area (Å²) >= 11 is 0. The van der Waals surface area contributed by atoms with E-state index in [0.717, 1.165) is 22.0 Å². The van der Waals surface area contributed by atoms with E-state index in [4.69, 9.17) is 0 Å². The predicted molar refractivity (Wildman–Crippen MR) is 83.4 cm³/mol. The van der Waals surface area contributed by atoms with Crippen LogP contribution >= 0.6 is 0 Å². The number of hydrogen-bond donors (Lipinski definition) is 1. The molecule has 0 atom stereocenters. The van der Waals surface area contributed by atoms with Crippen LogP contribution in [0.1, 0.15) is 11.1 Å². The normalized spacial score (nSPS) is 11.7. The summed E-state index contributed by atoms with van der Waals surface area (Å²) in [7, 11) is 0. The van der Waals surface area contributed by atoms with E-state index in [1.807, 2.05) is 54.6 Å². The first-order valence-corrected chi connectivity index (χ1v) is 6.69. The Bertz CT molecular complexity index is 804. The molecule has 0 unspecified atom stereocenters. The molecular weight excluding hydrogens is 264 g/mol. The summed E-state index contributed by atoms with van der Waals surface area (Å²) in [6.45, 7) is 0. The number of nitrogens with zero attached hydrogens (tertiary/aromatic N) is 1. The third-order valence-corrected chi connectivity index (χ3v) is 3.41. The van der Waals surface area contributed by atoms with Crippen LogP contribution in [0.15, 0.2) is 66.5 Å². The van der Waals surface area contributed by atoms with Gasteiger partial charge in [-0.3, -0.25) is 10.1 Å². The zero-order valence-electron chi connectivity index (χ0n) is 11.3. The van der Waals surface area contributed by atoms with Gasteiger partial charge >= 0.3 is 0 Å². The molecule has 1 heterocycles. The Balaban J connectivity index is 1.99. The van der Waals surface area contributed by atoms with Crippen LogP contribution in [0.4, 0.5) is 0 Å². The van der Waals surface area contributed by atoms with E-state index in [1.165, 1.54) is 0 Å². The van der Waals surface area contributed by atoms with E-state index < -0.39 is 0 Å². The summed E-state index contributed by atoms with van der Waals surface area (Å²) in [6, 6.07) is 17.2. The molecule has 0 saturated carbocycles. The van der Waals surface area contributed by atoms with Gasteiger partial charge < -0.3 is 4.98 Å². The molecule has 0 aliphatic rings. The van der Waals surface area contributed by atoms with Crippen LogP contribution in [-0.4, -0.2) is 9.91 Å². The summed E-state index contributed by atoms with van der Waals surface area (Å²) in [5.41, 5.74) is 2.94. The van der Waals surface area contributed by atoms with Crippen molar-refractivity contribution in [3.63, 3.8) is 0 Å². The second-order valence-electron chi connectivity index (χ2n) is 4.84. The van der Waals surface area contributed by atoms with E-state index in [9.17, 15) is 10.1 Å². The smallest absolute Gasteiger partial charge is 0.251 e. The van der Waals surface area contributed by atoms with Crippen molar-refractivity contribution in [2.75, 3.05) is 0 Å². The van der Waals surface area contributed by atoms with Gasteiger partial charge in [-0.15, -0.1) is 0 Å². The standard InChI is InChI=1S/C17H14N2O2/c20-19(21)15(10-13-6-2-1-3-7-13)11-14-12-18-17-9-5-4-8-16(14)17/h1-9,11-12,18H,10H2. The first kappa shape index (κ1) is 13.1. The number of H-pyrrole nitrogens is 1. The van der Waals surface area contributed by atoms with Crippen LogP contribution in [-0.2, 0) is 6.42 Å². The van der Waals surface area contributed by atoms with E-state index in [1.54, 1.807) is 12.3 Å². The first-order valence-electron chi connectivity index (χ1n) is 6.69. The largest absolute Gasteiger partial charge is 0.361 e. The molecule has 2 aromatic carbocycles. The Morgan fingerprint density at radius 2 is 1.81 bits per heavy atom. The number of fused-ring (bicyclic) bond motifs is 1. The monoisotopic (exact) mass is 278 g/mol. The molecule has 0 aliphatic carbocycles. The minimum atomic E-state index is -0.311. The molecule has 4 heteroatoms. The SMILES string of the molecule is O=[N+]([O-])C(=Cc1c[nH]c2ccccc12)Cc1ccccc1. The van der Waals surface area contributed by atoms with E-state index in [0.29, 0.717) is 6.42 Å². The van der Waals surface area contributed by atoms with Gasteiger partial charge in [-0.05, 0) is 11.6 Å². The predicted octanol–water partition coefficient (Wildman–Crippen LogP) is 4.03. The van der Waals surface area contributed by atoms with Crippen LogP contribution in [0.2, 0.25) is 0 Å². The first-order chi connectivity index (χ1) is 10.2. The van der Waals surface area contributed by atoms with Gasteiger partial charge in [0.25, 0.3) is 5.70 Å². The second kappa shape index (κ2) is 5.63. The fraction of sp³-hybridized carbons (Fsp3) is 0.0588. The molecular formula is C17H14N2O2. The molecule has 104 valence electrons. The highest BCUT2D eigenvalue weighted by Crippen LogP contribution is 2.21. The molecule has 0 amide bonds. The maximum atomic E-state index is 11.3. The third kappa shape index (κ3) is 2.84. The molecule has 0 saturated heterocycles. The maximum absolute atomic E-state index is 11.3. The number of nitrogens with one attached hydrogen (secondary N) is 1. The Kier molecular flexibility index (Phi) is 3.51. The van der Waals surface area contributed by atoms with Crippen LogP contribution < -0.4 is 0 Å². The number of nitro groups is 1. The fourth-order valence-electron chi connectivity index (χ4n) is 2.37. The third-order valence-electron chi connectivity index (χ3n) is 3.41. The number of benzene rings is 2. The van der Waals surface area contributed by atoms with Crippen molar-refractivity contribution in [2.45, 2.75) is 6.42 Å². The Morgan fingerprint density at radius 1 is 1.10 bits per heavy atom. The summed E-state index contributed by atoms with van der Waals surface area (Å²) in [5.74, 6) is 0. The Labute approximate surface area is 121 Å². The molecule has 0 spiro atoms. The number of allylic oxidation sites excluding steroid dienone is 1. The quantitative estimate of drug-likeness (QED) is 0.578. The van der Waals surface area contributed by atoms with E-state index in [2.05, 4.69) is 4.98 Å². The lowest BCUT2D eigenvalue weighted by Gasteiger charge is -1.99. The molecule has 0 bridgehead atoms. The molecule has 21 heavy (non-hydrogen) atoms. The zero-order valence-corrected chi connectivity index (χ0v) is 11.3. The minimum absolute atomic E-state index is 0.186. The van der Waals surface area contributed by atoms with Crippen molar-refractivity contribution in [3.05, 3.63) is 87.7 Å². The summed E-state index contributed by atoms with van der Waals surface area (Å²) < 4.78 is 0. The molecule has 3 rings (SSSR count). The lowest BCUT2D eigenvalue weighted by atomic mass is 10.1. The average Bonchev–Trinajstić information content (AvgIpc) is 2.91. The number of rotatable bonds is 4.